The first-order valence-electron chi connectivity index (χ1n) is 8.11. The zero-order chi connectivity index (χ0) is 17.6. The molecule has 1 atom stereocenters. The average molecular weight is 375 g/mol. The van der Waals surface area contributed by atoms with Gasteiger partial charge in [-0.15, -0.1) is 11.3 Å². The Morgan fingerprint density at radius 3 is 2.88 bits per heavy atom. The van der Waals surface area contributed by atoms with Gasteiger partial charge in [0.2, 0.25) is 10.0 Å². The molecule has 0 aromatic carbocycles. The molecule has 1 saturated heterocycles. The fourth-order valence-electron chi connectivity index (χ4n) is 2.48. The number of nitrogens with zero attached hydrogens (tertiary/aromatic N) is 2. The summed E-state index contributed by atoms with van der Waals surface area (Å²) >= 11 is 1.50. The normalized spacial score (nSPS) is 20.7. The predicted octanol–water partition coefficient (Wildman–Crippen LogP) is 0.546. The van der Waals surface area contributed by atoms with Crippen molar-refractivity contribution in [3.8, 4) is 0 Å². The zero-order valence-electron chi connectivity index (χ0n) is 14.2. The Hall–Kier alpha value is -1.16. The minimum Gasteiger partial charge on any atom is -0.383 e. The van der Waals surface area contributed by atoms with E-state index in [2.05, 4.69) is 15.6 Å². The average Bonchev–Trinajstić information content (AvgIpc) is 3.15. The van der Waals surface area contributed by atoms with Gasteiger partial charge in [0, 0.05) is 31.1 Å². The molecule has 2 rings (SSSR count). The molecule has 0 saturated carbocycles. The Kier molecular flexibility index (Phi) is 6.62. The van der Waals surface area contributed by atoms with E-state index in [4.69, 9.17) is 0 Å². The highest BCUT2D eigenvalue weighted by atomic mass is 32.2. The second kappa shape index (κ2) is 8.28. The van der Waals surface area contributed by atoms with Gasteiger partial charge in [0.1, 0.15) is 5.60 Å². The topological polar surface area (TPSA) is 94.0 Å². The summed E-state index contributed by atoms with van der Waals surface area (Å²) in [6.45, 7) is 6.10. The standard InChI is InChI=1S/C15H26N4O3S2/c1-3-16-14(17-7-9-19-8-5-11-24(19,21)22)18-12-15(2,20)13-6-4-10-23-13/h4,6,10,20H,3,5,7-9,11-12H2,1-2H3,(H2,16,17,18). The molecule has 0 spiro atoms. The molecule has 3 N–H and O–H groups in total. The van der Waals surface area contributed by atoms with Crippen molar-refractivity contribution in [3.05, 3.63) is 22.4 Å². The van der Waals surface area contributed by atoms with Gasteiger partial charge in [-0.05, 0) is 31.7 Å². The maximum atomic E-state index is 11.8. The summed E-state index contributed by atoms with van der Waals surface area (Å²) in [7, 11) is -3.07. The van der Waals surface area contributed by atoms with Gasteiger partial charge in [0.25, 0.3) is 0 Å². The number of hydrogen-bond donors (Lipinski definition) is 3. The maximum absolute atomic E-state index is 11.8. The van der Waals surface area contributed by atoms with Crippen LogP contribution in [0.4, 0.5) is 0 Å². The molecule has 0 aliphatic carbocycles. The summed E-state index contributed by atoms with van der Waals surface area (Å²) < 4.78 is 25.0. The SMILES string of the molecule is CCNC(=NCC(C)(O)c1cccs1)NCCN1CCCS1(=O)=O. The molecular formula is C15H26N4O3S2. The Morgan fingerprint density at radius 1 is 1.50 bits per heavy atom. The van der Waals surface area contributed by atoms with Crippen LogP contribution in [0.15, 0.2) is 22.5 Å². The van der Waals surface area contributed by atoms with Crippen molar-refractivity contribution in [2.75, 3.05) is 38.5 Å². The molecule has 136 valence electrons. The molecule has 1 aliphatic heterocycles. The van der Waals surface area contributed by atoms with Crippen LogP contribution in [0, 0.1) is 0 Å². The third-order valence-corrected chi connectivity index (χ3v) is 6.88. The highest BCUT2D eigenvalue weighted by Gasteiger charge is 2.27. The number of rotatable bonds is 7. The highest BCUT2D eigenvalue weighted by Crippen LogP contribution is 2.25. The van der Waals surface area contributed by atoms with Crippen LogP contribution in [0.1, 0.15) is 25.1 Å². The Labute approximate surface area is 147 Å². The lowest BCUT2D eigenvalue weighted by atomic mass is 10.1. The number of aliphatic imine (C=N–C) groups is 1. The number of thiophene rings is 1. The number of sulfonamides is 1. The van der Waals surface area contributed by atoms with Crippen LogP contribution in [-0.2, 0) is 15.6 Å². The van der Waals surface area contributed by atoms with E-state index in [0.29, 0.717) is 38.6 Å². The molecular weight excluding hydrogens is 348 g/mol. The second-order valence-corrected chi connectivity index (χ2v) is 8.98. The lowest BCUT2D eigenvalue weighted by Gasteiger charge is -2.21. The highest BCUT2D eigenvalue weighted by molar-refractivity contribution is 7.89. The lowest BCUT2D eigenvalue weighted by Crippen LogP contribution is -2.42. The van der Waals surface area contributed by atoms with E-state index in [0.717, 1.165) is 4.88 Å². The largest absolute Gasteiger partial charge is 0.383 e. The minimum atomic E-state index is -3.07. The van der Waals surface area contributed by atoms with Crippen molar-refractivity contribution in [3.63, 3.8) is 0 Å². The van der Waals surface area contributed by atoms with Crippen molar-refractivity contribution in [1.82, 2.24) is 14.9 Å². The van der Waals surface area contributed by atoms with Crippen molar-refractivity contribution in [2.24, 2.45) is 4.99 Å². The van der Waals surface area contributed by atoms with E-state index in [1.807, 2.05) is 24.4 Å². The third kappa shape index (κ3) is 5.17. The van der Waals surface area contributed by atoms with Gasteiger partial charge in [-0.3, -0.25) is 0 Å². The molecule has 2 heterocycles. The number of hydrogen-bond acceptors (Lipinski definition) is 5. The van der Waals surface area contributed by atoms with Crippen molar-refractivity contribution >= 4 is 27.3 Å². The van der Waals surface area contributed by atoms with Gasteiger partial charge >= 0.3 is 0 Å². The number of guanidine groups is 1. The van der Waals surface area contributed by atoms with Gasteiger partial charge in [-0.25, -0.2) is 17.7 Å². The fraction of sp³-hybridized carbons (Fsp3) is 0.667. The van der Waals surface area contributed by atoms with E-state index < -0.39 is 15.6 Å². The molecule has 1 fully saturated rings. The molecule has 0 radical (unpaired) electrons. The van der Waals surface area contributed by atoms with Crippen molar-refractivity contribution in [2.45, 2.75) is 25.9 Å². The molecule has 1 aromatic heterocycles. The summed E-state index contributed by atoms with van der Waals surface area (Å²) in [5.41, 5.74) is -1.02. The summed E-state index contributed by atoms with van der Waals surface area (Å²) in [4.78, 5) is 5.29. The first kappa shape index (κ1) is 19.2. The molecule has 24 heavy (non-hydrogen) atoms. The fourth-order valence-corrected chi connectivity index (χ4v) is 4.79. The van der Waals surface area contributed by atoms with Crippen LogP contribution in [0.2, 0.25) is 0 Å². The Balaban J connectivity index is 1.89. The Bertz CT molecular complexity index is 642. The summed E-state index contributed by atoms with van der Waals surface area (Å²) in [5, 5.41) is 18.7. The van der Waals surface area contributed by atoms with E-state index in [-0.39, 0.29) is 12.3 Å². The molecule has 0 amide bonds. The van der Waals surface area contributed by atoms with Crippen molar-refractivity contribution in [1.29, 1.82) is 0 Å². The predicted molar refractivity (Wildman–Crippen MR) is 97.8 cm³/mol. The first-order chi connectivity index (χ1) is 11.3. The van der Waals surface area contributed by atoms with Gasteiger partial charge in [0.15, 0.2) is 5.96 Å². The molecule has 0 bridgehead atoms. The number of aliphatic hydroxyl groups is 1. The monoisotopic (exact) mass is 374 g/mol. The second-order valence-electron chi connectivity index (χ2n) is 5.94. The number of nitrogens with one attached hydrogen (secondary N) is 2. The van der Waals surface area contributed by atoms with Crippen molar-refractivity contribution < 1.29 is 13.5 Å². The summed E-state index contributed by atoms with van der Waals surface area (Å²) in [6.07, 6.45) is 0.695. The van der Waals surface area contributed by atoms with Crippen LogP contribution in [0.3, 0.4) is 0 Å². The molecule has 1 aliphatic rings. The van der Waals surface area contributed by atoms with Gasteiger partial charge < -0.3 is 15.7 Å². The van der Waals surface area contributed by atoms with E-state index in [9.17, 15) is 13.5 Å². The van der Waals surface area contributed by atoms with Crippen LogP contribution >= 0.6 is 11.3 Å². The molecule has 1 unspecified atom stereocenters. The van der Waals surface area contributed by atoms with E-state index in [1.54, 1.807) is 6.92 Å². The van der Waals surface area contributed by atoms with Gasteiger partial charge in [0.05, 0.1) is 12.3 Å². The third-order valence-electron chi connectivity index (χ3n) is 3.80. The quantitative estimate of drug-likeness (QED) is 0.479. The van der Waals surface area contributed by atoms with E-state index in [1.165, 1.54) is 15.6 Å². The molecule has 9 heteroatoms. The Morgan fingerprint density at radius 2 is 2.29 bits per heavy atom. The van der Waals surface area contributed by atoms with Gasteiger partial charge in [-0.2, -0.15) is 0 Å². The maximum Gasteiger partial charge on any atom is 0.214 e. The zero-order valence-corrected chi connectivity index (χ0v) is 15.8. The summed E-state index contributed by atoms with van der Waals surface area (Å²) in [6, 6.07) is 3.79. The lowest BCUT2D eigenvalue weighted by molar-refractivity contribution is 0.0711. The molecule has 7 nitrogen and oxygen atoms in total. The smallest absolute Gasteiger partial charge is 0.214 e. The van der Waals surface area contributed by atoms with Crippen LogP contribution in [0.25, 0.3) is 0 Å². The van der Waals surface area contributed by atoms with Crippen LogP contribution < -0.4 is 10.6 Å². The van der Waals surface area contributed by atoms with Crippen LogP contribution in [-0.4, -0.2) is 62.3 Å². The van der Waals surface area contributed by atoms with Crippen LogP contribution in [0.5, 0.6) is 0 Å². The minimum absolute atomic E-state index is 0.227. The first-order valence-corrected chi connectivity index (χ1v) is 10.6. The summed E-state index contributed by atoms with van der Waals surface area (Å²) in [5.74, 6) is 0.816. The van der Waals surface area contributed by atoms with E-state index >= 15 is 0 Å². The van der Waals surface area contributed by atoms with Gasteiger partial charge in [-0.1, -0.05) is 6.07 Å². The molecule has 1 aromatic rings.